The zero-order valence-corrected chi connectivity index (χ0v) is 12.4. The molecule has 2 rings (SSSR count). The highest BCUT2D eigenvalue weighted by atomic mass is 79.9. The van der Waals surface area contributed by atoms with Gasteiger partial charge in [-0.15, -0.1) is 0 Å². The van der Waals surface area contributed by atoms with Crippen LogP contribution >= 0.6 is 15.9 Å². The maximum absolute atomic E-state index is 6.24. The number of hydrogen-bond acceptors (Lipinski definition) is 3. The normalized spacial score (nSPS) is 12.2. The van der Waals surface area contributed by atoms with Crippen LogP contribution < -0.4 is 10.5 Å². The molecule has 100 valence electrons. The molecule has 19 heavy (non-hydrogen) atoms. The monoisotopic (exact) mass is 320 g/mol. The average molecular weight is 321 g/mol. The number of nitrogens with zero attached hydrogens (tertiary/aromatic N) is 1. The molecule has 1 atom stereocenters. The summed E-state index contributed by atoms with van der Waals surface area (Å²) >= 11 is 3.42. The van der Waals surface area contributed by atoms with Crippen LogP contribution in [-0.4, -0.2) is 11.6 Å². The largest absolute Gasteiger partial charge is 0.494 e. The lowest BCUT2D eigenvalue weighted by Crippen LogP contribution is -2.13. The van der Waals surface area contributed by atoms with Gasteiger partial charge in [0, 0.05) is 22.9 Å². The van der Waals surface area contributed by atoms with E-state index >= 15 is 0 Å². The summed E-state index contributed by atoms with van der Waals surface area (Å²) in [5, 5.41) is 0. The molecule has 2 aromatic rings. The van der Waals surface area contributed by atoms with Crippen molar-refractivity contribution in [2.75, 3.05) is 6.61 Å². The number of ether oxygens (including phenoxy) is 1. The summed E-state index contributed by atoms with van der Waals surface area (Å²) in [5.74, 6) is 0.864. The number of halogens is 1. The summed E-state index contributed by atoms with van der Waals surface area (Å²) < 4.78 is 6.46. The zero-order valence-electron chi connectivity index (χ0n) is 10.8. The van der Waals surface area contributed by atoms with Gasteiger partial charge in [0.05, 0.1) is 6.61 Å². The molecule has 4 heteroatoms. The highest BCUT2D eigenvalue weighted by Gasteiger charge is 2.08. The minimum absolute atomic E-state index is 0.0588. The van der Waals surface area contributed by atoms with Crippen molar-refractivity contribution < 1.29 is 4.74 Å². The third-order valence-corrected chi connectivity index (χ3v) is 3.25. The molecule has 0 fully saturated rings. The molecule has 0 aliphatic heterocycles. The summed E-state index contributed by atoms with van der Waals surface area (Å²) in [6, 6.07) is 9.92. The minimum atomic E-state index is -0.0588. The van der Waals surface area contributed by atoms with Gasteiger partial charge in [0.1, 0.15) is 5.75 Å². The lowest BCUT2D eigenvalue weighted by molar-refractivity contribution is 0.339. The summed E-state index contributed by atoms with van der Waals surface area (Å²) in [4.78, 5) is 4.15. The van der Waals surface area contributed by atoms with Crippen LogP contribution in [0.3, 0.4) is 0 Å². The lowest BCUT2D eigenvalue weighted by Gasteiger charge is -2.13. The van der Waals surface area contributed by atoms with Crippen LogP contribution in [0.15, 0.2) is 47.2 Å². The lowest BCUT2D eigenvalue weighted by atomic mass is 10.0. The maximum Gasteiger partial charge on any atom is 0.119 e. The van der Waals surface area contributed by atoms with Crippen molar-refractivity contribution in [3.63, 3.8) is 0 Å². The second-order valence-electron chi connectivity index (χ2n) is 4.33. The van der Waals surface area contributed by atoms with Gasteiger partial charge in [-0.2, -0.15) is 0 Å². The van der Waals surface area contributed by atoms with Crippen LogP contribution in [0.25, 0.3) is 0 Å². The molecule has 0 amide bonds. The van der Waals surface area contributed by atoms with E-state index in [1.165, 1.54) is 0 Å². The molecule has 0 radical (unpaired) electrons. The Labute approximate surface area is 121 Å². The van der Waals surface area contributed by atoms with E-state index in [9.17, 15) is 0 Å². The fraction of sp³-hybridized carbons (Fsp3) is 0.267. The molecule has 0 spiro atoms. The summed E-state index contributed by atoms with van der Waals surface area (Å²) in [5.41, 5.74) is 8.43. The van der Waals surface area contributed by atoms with Crippen LogP contribution in [0.1, 0.15) is 24.1 Å². The number of aromatic nitrogens is 1. The van der Waals surface area contributed by atoms with Gasteiger partial charge >= 0.3 is 0 Å². The number of benzene rings is 1. The fourth-order valence-corrected chi connectivity index (χ4v) is 2.35. The molecule has 0 saturated heterocycles. The summed E-state index contributed by atoms with van der Waals surface area (Å²) in [6.07, 6.45) is 4.36. The van der Waals surface area contributed by atoms with Gasteiger partial charge in [-0.05, 0) is 58.6 Å². The Morgan fingerprint density at radius 2 is 2.16 bits per heavy atom. The van der Waals surface area contributed by atoms with E-state index in [0.29, 0.717) is 6.61 Å². The molecule has 2 N–H and O–H groups in total. The molecule has 1 aromatic carbocycles. The topological polar surface area (TPSA) is 48.1 Å². The molecular formula is C15H17BrN2O. The molecule has 0 aliphatic rings. The van der Waals surface area contributed by atoms with Gasteiger partial charge in [-0.3, -0.25) is 4.98 Å². The van der Waals surface area contributed by atoms with Crippen molar-refractivity contribution in [2.45, 2.75) is 19.4 Å². The van der Waals surface area contributed by atoms with Crippen molar-refractivity contribution in [1.29, 1.82) is 0 Å². The van der Waals surface area contributed by atoms with Crippen LogP contribution in [0.2, 0.25) is 0 Å². The predicted molar refractivity (Wildman–Crippen MR) is 80.2 cm³/mol. The number of pyridine rings is 1. The Kier molecular flexibility index (Phi) is 4.93. The van der Waals surface area contributed by atoms with Gasteiger partial charge in [0.2, 0.25) is 0 Å². The van der Waals surface area contributed by atoms with Crippen molar-refractivity contribution in [3.8, 4) is 5.75 Å². The van der Waals surface area contributed by atoms with Crippen molar-refractivity contribution in [1.82, 2.24) is 4.98 Å². The smallest absolute Gasteiger partial charge is 0.119 e. The standard InChI is InChI=1S/C15H17BrN2O/c1-2-19-14-5-3-4-12(8-14)15(17)7-11-6-13(16)10-18-9-11/h3-6,8-10,15H,2,7,17H2,1H3. The van der Waals surface area contributed by atoms with E-state index in [1.807, 2.05) is 43.5 Å². The van der Waals surface area contributed by atoms with Crippen molar-refractivity contribution in [3.05, 3.63) is 58.3 Å². The first kappa shape index (κ1) is 14.0. The van der Waals surface area contributed by atoms with Gasteiger partial charge in [-0.25, -0.2) is 0 Å². The van der Waals surface area contributed by atoms with Crippen LogP contribution in [0.4, 0.5) is 0 Å². The third-order valence-electron chi connectivity index (χ3n) is 2.81. The van der Waals surface area contributed by atoms with Crippen LogP contribution in [-0.2, 0) is 6.42 Å². The zero-order chi connectivity index (χ0) is 13.7. The molecule has 1 unspecified atom stereocenters. The number of hydrogen-bond donors (Lipinski definition) is 1. The van der Waals surface area contributed by atoms with E-state index < -0.39 is 0 Å². The number of rotatable bonds is 5. The highest BCUT2D eigenvalue weighted by Crippen LogP contribution is 2.21. The first-order valence-corrected chi connectivity index (χ1v) is 7.06. The van der Waals surface area contributed by atoms with E-state index in [4.69, 9.17) is 10.5 Å². The summed E-state index contributed by atoms with van der Waals surface area (Å²) in [6.45, 7) is 2.63. The van der Waals surface area contributed by atoms with Crippen molar-refractivity contribution in [2.24, 2.45) is 5.73 Å². The molecule has 0 aliphatic carbocycles. The van der Waals surface area contributed by atoms with E-state index in [-0.39, 0.29) is 6.04 Å². The van der Waals surface area contributed by atoms with Gasteiger partial charge < -0.3 is 10.5 Å². The summed E-state index contributed by atoms with van der Waals surface area (Å²) in [7, 11) is 0. The molecule has 1 aromatic heterocycles. The first-order valence-electron chi connectivity index (χ1n) is 6.27. The molecule has 0 bridgehead atoms. The predicted octanol–water partition coefficient (Wildman–Crippen LogP) is 3.49. The second kappa shape index (κ2) is 6.68. The molecule has 3 nitrogen and oxygen atoms in total. The van der Waals surface area contributed by atoms with Gasteiger partial charge in [0.15, 0.2) is 0 Å². The van der Waals surface area contributed by atoms with Crippen LogP contribution in [0, 0.1) is 0 Å². The Balaban J connectivity index is 2.11. The van der Waals surface area contributed by atoms with Crippen molar-refractivity contribution >= 4 is 15.9 Å². The SMILES string of the molecule is CCOc1cccc(C(N)Cc2cncc(Br)c2)c1. The van der Waals surface area contributed by atoms with E-state index in [0.717, 1.165) is 27.8 Å². The molecule has 0 saturated carbocycles. The third kappa shape index (κ3) is 4.04. The molecular weight excluding hydrogens is 304 g/mol. The Morgan fingerprint density at radius 3 is 2.89 bits per heavy atom. The Morgan fingerprint density at radius 1 is 1.32 bits per heavy atom. The average Bonchev–Trinajstić information content (AvgIpc) is 2.39. The van der Waals surface area contributed by atoms with E-state index in [2.05, 4.69) is 20.9 Å². The maximum atomic E-state index is 6.24. The second-order valence-corrected chi connectivity index (χ2v) is 5.24. The van der Waals surface area contributed by atoms with Gasteiger partial charge in [0.25, 0.3) is 0 Å². The molecule has 1 heterocycles. The van der Waals surface area contributed by atoms with Crippen LogP contribution in [0.5, 0.6) is 5.75 Å². The fourth-order valence-electron chi connectivity index (χ4n) is 1.94. The van der Waals surface area contributed by atoms with E-state index in [1.54, 1.807) is 6.20 Å². The highest BCUT2D eigenvalue weighted by molar-refractivity contribution is 9.10. The Hall–Kier alpha value is -1.39. The first-order chi connectivity index (χ1) is 9.19. The minimum Gasteiger partial charge on any atom is -0.494 e. The Bertz CT molecular complexity index is 545. The van der Waals surface area contributed by atoms with Gasteiger partial charge in [-0.1, -0.05) is 12.1 Å². The number of nitrogens with two attached hydrogens (primary N) is 1. The quantitative estimate of drug-likeness (QED) is 0.917.